The summed E-state index contributed by atoms with van der Waals surface area (Å²) in [7, 11) is 0. The molecule has 0 saturated carbocycles. The molecule has 0 amide bonds. The van der Waals surface area contributed by atoms with Crippen molar-refractivity contribution < 1.29 is 14.9 Å². The minimum atomic E-state index is -1.11. The number of rotatable bonds is 5. The van der Waals surface area contributed by atoms with E-state index < -0.39 is 11.7 Å². The molecule has 1 aromatic carbocycles. The maximum absolute atomic E-state index is 9.49. The lowest BCUT2D eigenvalue weighted by molar-refractivity contribution is -0.0885. The molecular formula is C12H18O3. The van der Waals surface area contributed by atoms with Gasteiger partial charge in [-0.2, -0.15) is 0 Å². The zero-order chi connectivity index (χ0) is 11.3. The number of ether oxygens (including phenoxy) is 1. The summed E-state index contributed by atoms with van der Waals surface area (Å²) in [6.07, 6.45) is -0.860. The van der Waals surface area contributed by atoms with Crippen LogP contribution in [-0.2, 0) is 11.3 Å². The van der Waals surface area contributed by atoms with Crippen molar-refractivity contribution in [3.63, 3.8) is 0 Å². The summed E-state index contributed by atoms with van der Waals surface area (Å²) in [5.74, 6) is 0. The Hall–Kier alpha value is -0.900. The second-order valence-corrected chi connectivity index (χ2v) is 4.17. The first-order chi connectivity index (χ1) is 7.00. The Labute approximate surface area is 90.3 Å². The van der Waals surface area contributed by atoms with Crippen LogP contribution >= 0.6 is 0 Å². The summed E-state index contributed by atoms with van der Waals surface area (Å²) in [5.41, 5.74) is -0.0584. The molecule has 0 aliphatic rings. The fourth-order valence-corrected chi connectivity index (χ4v) is 1.07. The molecule has 1 unspecified atom stereocenters. The van der Waals surface area contributed by atoms with Gasteiger partial charge in [0.2, 0.25) is 0 Å². The first kappa shape index (κ1) is 12.2. The zero-order valence-electron chi connectivity index (χ0n) is 9.18. The Bertz CT molecular complexity index is 277. The Balaban J connectivity index is 2.28. The Morgan fingerprint density at radius 3 is 2.40 bits per heavy atom. The van der Waals surface area contributed by atoms with Crippen molar-refractivity contribution >= 4 is 0 Å². The fourth-order valence-electron chi connectivity index (χ4n) is 1.07. The van der Waals surface area contributed by atoms with Gasteiger partial charge in [0, 0.05) is 0 Å². The van der Waals surface area contributed by atoms with Gasteiger partial charge in [0.05, 0.1) is 18.8 Å². The molecule has 1 atom stereocenters. The molecule has 0 radical (unpaired) electrons. The van der Waals surface area contributed by atoms with Crippen molar-refractivity contribution in [2.75, 3.05) is 6.61 Å². The van der Waals surface area contributed by atoms with Crippen LogP contribution < -0.4 is 0 Å². The number of benzene rings is 1. The van der Waals surface area contributed by atoms with E-state index in [1.54, 1.807) is 13.8 Å². The Kier molecular flexibility index (Phi) is 4.27. The molecule has 0 heterocycles. The Morgan fingerprint density at radius 1 is 1.27 bits per heavy atom. The first-order valence-corrected chi connectivity index (χ1v) is 5.02. The number of hydrogen-bond acceptors (Lipinski definition) is 3. The highest BCUT2D eigenvalue weighted by molar-refractivity contribution is 5.13. The fraction of sp³-hybridized carbons (Fsp3) is 0.500. The van der Waals surface area contributed by atoms with E-state index >= 15 is 0 Å². The van der Waals surface area contributed by atoms with E-state index in [0.29, 0.717) is 6.61 Å². The largest absolute Gasteiger partial charge is 0.388 e. The highest BCUT2D eigenvalue weighted by Gasteiger charge is 2.24. The third-order valence-electron chi connectivity index (χ3n) is 2.20. The van der Waals surface area contributed by atoms with E-state index in [9.17, 15) is 10.2 Å². The van der Waals surface area contributed by atoms with E-state index in [-0.39, 0.29) is 6.61 Å². The van der Waals surface area contributed by atoms with Gasteiger partial charge < -0.3 is 14.9 Å². The van der Waals surface area contributed by atoms with Gasteiger partial charge in [-0.3, -0.25) is 0 Å². The van der Waals surface area contributed by atoms with Crippen LogP contribution in [-0.4, -0.2) is 28.5 Å². The summed E-state index contributed by atoms with van der Waals surface area (Å²) in [4.78, 5) is 0. The summed E-state index contributed by atoms with van der Waals surface area (Å²) < 4.78 is 5.30. The van der Waals surface area contributed by atoms with E-state index in [4.69, 9.17) is 4.74 Å². The van der Waals surface area contributed by atoms with Crippen molar-refractivity contribution in [1.82, 2.24) is 0 Å². The average molecular weight is 210 g/mol. The summed E-state index contributed by atoms with van der Waals surface area (Å²) in [6, 6.07) is 9.72. The second-order valence-electron chi connectivity index (χ2n) is 4.17. The van der Waals surface area contributed by atoms with Crippen molar-refractivity contribution in [2.45, 2.75) is 32.2 Å². The van der Waals surface area contributed by atoms with Gasteiger partial charge in [0.1, 0.15) is 6.10 Å². The SMILES string of the molecule is CC(C)(O)C(O)COCc1ccccc1. The molecule has 15 heavy (non-hydrogen) atoms. The van der Waals surface area contributed by atoms with Crippen LogP contribution in [0.25, 0.3) is 0 Å². The van der Waals surface area contributed by atoms with E-state index in [0.717, 1.165) is 5.56 Å². The molecule has 0 aliphatic heterocycles. The molecule has 3 nitrogen and oxygen atoms in total. The summed E-state index contributed by atoms with van der Waals surface area (Å²) in [5, 5.41) is 18.9. The van der Waals surface area contributed by atoms with Crippen molar-refractivity contribution in [3.05, 3.63) is 35.9 Å². The molecule has 84 valence electrons. The van der Waals surface area contributed by atoms with E-state index in [2.05, 4.69) is 0 Å². The summed E-state index contributed by atoms with van der Waals surface area (Å²) >= 11 is 0. The van der Waals surface area contributed by atoms with Crippen molar-refractivity contribution in [2.24, 2.45) is 0 Å². The van der Waals surface area contributed by atoms with Gasteiger partial charge >= 0.3 is 0 Å². The maximum atomic E-state index is 9.49. The topological polar surface area (TPSA) is 49.7 Å². The molecule has 0 aliphatic carbocycles. The number of hydrogen-bond donors (Lipinski definition) is 2. The maximum Gasteiger partial charge on any atom is 0.105 e. The van der Waals surface area contributed by atoms with Gasteiger partial charge in [-0.15, -0.1) is 0 Å². The van der Waals surface area contributed by atoms with Gasteiger partial charge in [0.15, 0.2) is 0 Å². The van der Waals surface area contributed by atoms with Gasteiger partial charge in [-0.1, -0.05) is 30.3 Å². The normalized spacial score (nSPS) is 13.9. The molecule has 0 saturated heterocycles. The first-order valence-electron chi connectivity index (χ1n) is 5.02. The lowest BCUT2D eigenvalue weighted by Gasteiger charge is -2.24. The molecule has 0 bridgehead atoms. The lowest BCUT2D eigenvalue weighted by atomic mass is 10.0. The minimum Gasteiger partial charge on any atom is -0.388 e. The quantitative estimate of drug-likeness (QED) is 0.771. The van der Waals surface area contributed by atoms with Crippen LogP contribution in [0.3, 0.4) is 0 Å². The minimum absolute atomic E-state index is 0.137. The highest BCUT2D eigenvalue weighted by Crippen LogP contribution is 2.09. The standard InChI is InChI=1S/C12H18O3/c1-12(2,14)11(13)9-15-8-10-6-4-3-5-7-10/h3-7,11,13-14H,8-9H2,1-2H3. The summed E-state index contributed by atoms with van der Waals surface area (Å²) in [6.45, 7) is 3.71. The van der Waals surface area contributed by atoms with Gasteiger partial charge in [0.25, 0.3) is 0 Å². The third-order valence-corrected chi connectivity index (χ3v) is 2.20. The molecule has 0 spiro atoms. The van der Waals surface area contributed by atoms with E-state index in [1.807, 2.05) is 30.3 Å². The number of aliphatic hydroxyl groups excluding tert-OH is 1. The molecule has 1 rings (SSSR count). The van der Waals surface area contributed by atoms with E-state index in [1.165, 1.54) is 0 Å². The molecule has 1 aromatic rings. The predicted molar refractivity (Wildman–Crippen MR) is 58.4 cm³/mol. The smallest absolute Gasteiger partial charge is 0.105 e. The average Bonchev–Trinajstić information content (AvgIpc) is 2.18. The number of aliphatic hydroxyl groups is 2. The monoisotopic (exact) mass is 210 g/mol. The second kappa shape index (κ2) is 5.26. The predicted octanol–water partition coefficient (Wildman–Crippen LogP) is 1.33. The van der Waals surface area contributed by atoms with Gasteiger partial charge in [-0.25, -0.2) is 0 Å². The molecular weight excluding hydrogens is 192 g/mol. The van der Waals surface area contributed by atoms with Crippen LogP contribution in [0.15, 0.2) is 30.3 Å². The van der Waals surface area contributed by atoms with Crippen LogP contribution in [0.5, 0.6) is 0 Å². The molecule has 2 N–H and O–H groups in total. The van der Waals surface area contributed by atoms with Crippen LogP contribution in [0.1, 0.15) is 19.4 Å². The Morgan fingerprint density at radius 2 is 1.87 bits per heavy atom. The van der Waals surface area contributed by atoms with Crippen LogP contribution in [0.4, 0.5) is 0 Å². The van der Waals surface area contributed by atoms with Crippen LogP contribution in [0, 0.1) is 0 Å². The third kappa shape index (κ3) is 4.42. The molecule has 0 fully saturated rings. The molecule has 3 heteroatoms. The van der Waals surface area contributed by atoms with Crippen molar-refractivity contribution in [3.8, 4) is 0 Å². The van der Waals surface area contributed by atoms with Crippen molar-refractivity contribution in [1.29, 1.82) is 0 Å². The lowest BCUT2D eigenvalue weighted by Crippen LogP contribution is -2.39. The highest BCUT2D eigenvalue weighted by atomic mass is 16.5. The zero-order valence-corrected chi connectivity index (χ0v) is 9.18. The van der Waals surface area contributed by atoms with Crippen LogP contribution in [0.2, 0.25) is 0 Å². The van der Waals surface area contributed by atoms with Gasteiger partial charge in [-0.05, 0) is 19.4 Å². The molecule has 0 aromatic heterocycles.